The van der Waals surface area contributed by atoms with Gasteiger partial charge in [-0.25, -0.2) is 0 Å². The number of alkyl halides is 3. The molecule has 5 rings (SSSR count). The molecule has 212 valence electrons. The van der Waals surface area contributed by atoms with Crippen molar-refractivity contribution in [1.29, 1.82) is 0 Å². The van der Waals surface area contributed by atoms with Crippen LogP contribution in [-0.2, 0) is 34.6 Å². The Bertz CT molecular complexity index is 1690. The van der Waals surface area contributed by atoms with E-state index in [0.29, 0.717) is 34.5 Å². The highest BCUT2D eigenvalue weighted by Crippen LogP contribution is 2.45. The number of nitrogens with zero attached hydrogens (tertiary/aromatic N) is 2. The van der Waals surface area contributed by atoms with E-state index < -0.39 is 19.3 Å². The Morgan fingerprint density at radius 3 is 2.29 bits per heavy atom. The lowest BCUT2D eigenvalue weighted by molar-refractivity contribution is -0.136. The Morgan fingerprint density at radius 2 is 1.59 bits per heavy atom. The molecule has 1 atom stereocenters. The quantitative estimate of drug-likeness (QED) is 0.169. The zero-order valence-electron chi connectivity index (χ0n) is 22.2. The molecule has 0 aliphatic rings. The van der Waals surface area contributed by atoms with Crippen LogP contribution in [0.3, 0.4) is 0 Å². The van der Waals surface area contributed by atoms with Gasteiger partial charge in [-0.3, -0.25) is 9.25 Å². The van der Waals surface area contributed by atoms with Gasteiger partial charge in [-0.2, -0.15) is 18.3 Å². The van der Waals surface area contributed by atoms with E-state index in [0.717, 1.165) is 17.2 Å². The summed E-state index contributed by atoms with van der Waals surface area (Å²) in [5.41, 5.74) is 2.78. The number of halogens is 3. The Balaban J connectivity index is 1.43. The minimum Gasteiger partial charge on any atom is -0.489 e. The molecule has 0 fully saturated rings. The summed E-state index contributed by atoms with van der Waals surface area (Å²) in [6.45, 7) is 2.35. The fraction of sp³-hybridized carbons (Fsp3) is 0.194. The minimum absolute atomic E-state index is 0.0787. The maximum atomic E-state index is 13.9. The molecule has 6 nitrogen and oxygen atoms in total. The van der Waals surface area contributed by atoms with Gasteiger partial charge in [-0.1, -0.05) is 78.9 Å². The van der Waals surface area contributed by atoms with Crippen molar-refractivity contribution < 1.29 is 31.9 Å². The average molecular weight is 581 g/mol. The zero-order chi connectivity index (χ0) is 29.0. The Labute approximate surface area is 235 Å². The second-order valence-electron chi connectivity index (χ2n) is 9.54. The van der Waals surface area contributed by atoms with Gasteiger partial charge < -0.3 is 14.2 Å². The van der Waals surface area contributed by atoms with E-state index in [2.05, 4.69) is 5.10 Å². The lowest BCUT2D eigenvalue weighted by Crippen LogP contribution is -2.06. The van der Waals surface area contributed by atoms with Gasteiger partial charge in [0.05, 0.1) is 30.6 Å². The van der Waals surface area contributed by atoms with Gasteiger partial charge in [-0.15, -0.1) is 0 Å². The summed E-state index contributed by atoms with van der Waals surface area (Å²) in [6, 6.07) is 27.9. The van der Waals surface area contributed by atoms with E-state index in [4.69, 9.17) is 9.26 Å². The molecule has 0 aliphatic heterocycles. The average Bonchev–Trinajstić information content (AvgIpc) is 3.30. The minimum atomic E-state index is -4.54. The predicted molar refractivity (Wildman–Crippen MR) is 152 cm³/mol. The summed E-state index contributed by atoms with van der Waals surface area (Å²) in [5, 5.41) is 4.83. The second kappa shape index (κ2) is 11.9. The molecule has 4 aromatic carbocycles. The lowest BCUT2D eigenvalue weighted by Gasteiger charge is -2.12. The maximum Gasteiger partial charge on any atom is 0.418 e. The summed E-state index contributed by atoms with van der Waals surface area (Å²) in [7, 11) is -3.68. The van der Waals surface area contributed by atoms with Crippen LogP contribution in [0.4, 0.5) is 13.2 Å². The zero-order valence-corrected chi connectivity index (χ0v) is 23.1. The molecule has 1 aromatic heterocycles. The lowest BCUT2D eigenvalue weighted by atomic mass is 10.0. The van der Waals surface area contributed by atoms with Crippen LogP contribution in [0.25, 0.3) is 22.2 Å². The van der Waals surface area contributed by atoms with Crippen molar-refractivity contribution in [3.05, 3.63) is 119 Å². The first-order valence-electron chi connectivity index (χ1n) is 13.0. The van der Waals surface area contributed by atoms with Crippen molar-refractivity contribution in [3.63, 3.8) is 0 Å². The molecule has 0 spiro atoms. The van der Waals surface area contributed by atoms with Crippen molar-refractivity contribution in [2.75, 3.05) is 6.61 Å². The standard InChI is InChI=1S/C31H28F3N2O4P/c1-2-40-41(37,38)21-24-16-14-23(15-17-24)20-39-26-11-6-10-25(18-26)30-27-12-7-13-28(31(32,33)34)29(27)35-36(30)19-22-8-4-3-5-9-22/h3-18H,2,19-21H2,1H3,(H,37,38). The molecule has 0 saturated carbocycles. The van der Waals surface area contributed by atoms with Crippen LogP contribution in [0.5, 0.6) is 5.75 Å². The molecule has 0 aliphatic carbocycles. The topological polar surface area (TPSA) is 73.6 Å². The van der Waals surface area contributed by atoms with Crippen molar-refractivity contribution in [2.45, 2.75) is 32.4 Å². The van der Waals surface area contributed by atoms with E-state index in [1.54, 1.807) is 48.0 Å². The third kappa shape index (κ3) is 6.88. The van der Waals surface area contributed by atoms with Gasteiger partial charge in [0.15, 0.2) is 0 Å². The normalized spacial score (nSPS) is 13.3. The molecule has 1 unspecified atom stereocenters. The molecule has 0 saturated heterocycles. The van der Waals surface area contributed by atoms with Crippen LogP contribution in [0.15, 0.2) is 97.1 Å². The fourth-order valence-electron chi connectivity index (χ4n) is 4.67. The van der Waals surface area contributed by atoms with Crippen LogP contribution in [0.2, 0.25) is 0 Å². The van der Waals surface area contributed by atoms with Crippen molar-refractivity contribution in [3.8, 4) is 17.0 Å². The van der Waals surface area contributed by atoms with Crippen LogP contribution < -0.4 is 4.74 Å². The van der Waals surface area contributed by atoms with E-state index in [-0.39, 0.29) is 24.9 Å². The molecule has 41 heavy (non-hydrogen) atoms. The number of hydrogen-bond donors (Lipinski definition) is 1. The van der Waals surface area contributed by atoms with Gasteiger partial charge in [0, 0.05) is 10.9 Å². The fourth-order valence-corrected chi connectivity index (χ4v) is 5.84. The first-order valence-corrected chi connectivity index (χ1v) is 14.8. The molecule has 5 aromatic rings. The highest BCUT2D eigenvalue weighted by molar-refractivity contribution is 7.51. The van der Waals surface area contributed by atoms with Crippen LogP contribution in [-0.4, -0.2) is 21.3 Å². The molecule has 0 amide bonds. The summed E-state index contributed by atoms with van der Waals surface area (Å²) in [4.78, 5) is 9.86. The highest BCUT2D eigenvalue weighted by atomic mass is 31.2. The maximum absolute atomic E-state index is 13.9. The first kappa shape index (κ1) is 28.6. The van der Waals surface area contributed by atoms with Crippen LogP contribution >= 0.6 is 7.60 Å². The Hall–Kier alpha value is -3.91. The largest absolute Gasteiger partial charge is 0.489 e. The number of ether oxygens (including phenoxy) is 1. The Kier molecular flexibility index (Phi) is 8.31. The monoisotopic (exact) mass is 580 g/mol. The number of fused-ring (bicyclic) bond motifs is 1. The Morgan fingerprint density at radius 1 is 0.878 bits per heavy atom. The van der Waals surface area contributed by atoms with E-state index >= 15 is 0 Å². The first-order chi connectivity index (χ1) is 19.6. The molecule has 1 N–H and O–H groups in total. The molecule has 0 radical (unpaired) electrons. The number of hydrogen-bond acceptors (Lipinski definition) is 4. The van der Waals surface area contributed by atoms with Gasteiger partial charge in [-0.05, 0) is 41.8 Å². The van der Waals surface area contributed by atoms with Crippen LogP contribution in [0.1, 0.15) is 29.2 Å². The van der Waals surface area contributed by atoms with Gasteiger partial charge in [0.2, 0.25) is 0 Å². The summed E-state index contributed by atoms with van der Waals surface area (Å²) in [6.07, 6.45) is -4.62. The molecule has 10 heteroatoms. The van der Waals surface area contributed by atoms with Gasteiger partial charge in [0.1, 0.15) is 17.9 Å². The summed E-state index contributed by atoms with van der Waals surface area (Å²) in [5.74, 6) is 0.537. The van der Waals surface area contributed by atoms with Crippen molar-refractivity contribution in [2.24, 2.45) is 0 Å². The molecule has 1 heterocycles. The van der Waals surface area contributed by atoms with Crippen molar-refractivity contribution >= 4 is 18.5 Å². The molecular weight excluding hydrogens is 552 g/mol. The molecular formula is C31H28F3N2O4P. The van der Waals surface area contributed by atoms with E-state index in [1.807, 2.05) is 48.5 Å². The number of rotatable bonds is 10. The summed E-state index contributed by atoms with van der Waals surface area (Å²) < 4.78 is 66.1. The second-order valence-corrected chi connectivity index (χ2v) is 11.4. The number of benzene rings is 4. The predicted octanol–water partition coefficient (Wildman–Crippen LogP) is 8.07. The summed E-state index contributed by atoms with van der Waals surface area (Å²) >= 11 is 0. The third-order valence-corrected chi connectivity index (χ3v) is 7.93. The molecule has 0 bridgehead atoms. The number of aromatic nitrogens is 2. The smallest absolute Gasteiger partial charge is 0.418 e. The van der Waals surface area contributed by atoms with E-state index in [9.17, 15) is 22.6 Å². The third-order valence-electron chi connectivity index (χ3n) is 6.50. The van der Waals surface area contributed by atoms with Crippen molar-refractivity contribution in [1.82, 2.24) is 9.78 Å². The SMILES string of the molecule is CCOP(=O)(O)Cc1ccc(COc2cccc(-c3c4cccc(C(F)(F)F)c4nn3Cc3ccccc3)c2)cc1. The van der Waals surface area contributed by atoms with Gasteiger partial charge >= 0.3 is 13.8 Å². The van der Waals surface area contributed by atoms with E-state index in [1.165, 1.54) is 6.07 Å². The van der Waals surface area contributed by atoms with Crippen LogP contribution in [0, 0.1) is 0 Å². The van der Waals surface area contributed by atoms with Gasteiger partial charge in [0.25, 0.3) is 0 Å². The highest BCUT2D eigenvalue weighted by Gasteiger charge is 2.34.